The number of benzene rings is 1. The van der Waals surface area contributed by atoms with E-state index in [0.717, 1.165) is 12.0 Å². The second kappa shape index (κ2) is 5.95. The first kappa shape index (κ1) is 13.0. The highest BCUT2D eigenvalue weighted by atomic mass is 16.6. The van der Waals surface area contributed by atoms with Crippen molar-refractivity contribution < 1.29 is 4.92 Å². The first-order chi connectivity index (χ1) is 9.22. The number of nitrogens with zero attached hydrogens (tertiary/aromatic N) is 2. The molecule has 1 unspecified atom stereocenters. The molecule has 19 heavy (non-hydrogen) atoms. The van der Waals surface area contributed by atoms with Gasteiger partial charge in [-0.1, -0.05) is 37.3 Å². The predicted octanol–water partition coefficient (Wildman–Crippen LogP) is 3.55. The summed E-state index contributed by atoms with van der Waals surface area (Å²) in [6.45, 7) is 2.04. The number of anilines is 1. The number of aromatic nitrogens is 1. The van der Waals surface area contributed by atoms with Crippen molar-refractivity contribution in [3.05, 3.63) is 64.5 Å². The zero-order chi connectivity index (χ0) is 13.7. The third-order valence-electron chi connectivity index (χ3n) is 2.94. The van der Waals surface area contributed by atoms with E-state index in [0.29, 0.717) is 5.69 Å². The van der Waals surface area contributed by atoms with Gasteiger partial charge in [-0.3, -0.25) is 15.1 Å². The average molecular weight is 257 g/mol. The van der Waals surface area contributed by atoms with Gasteiger partial charge in [-0.2, -0.15) is 0 Å². The van der Waals surface area contributed by atoms with Gasteiger partial charge >= 0.3 is 5.69 Å². The van der Waals surface area contributed by atoms with Crippen LogP contribution in [0.3, 0.4) is 0 Å². The third kappa shape index (κ3) is 3.07. The Labute approximate surface area is 111 Å². The molecule has 1 N–H and O–H groups in total. The molecule has 5 heteroatoms. The van der Waals surface area contributed by atoms with Crippen LogP contribution in [0.2, 0.25) is 0 Å². The second-order valence-corrected chi connectivity index (χ2v) is 4.17. The minimum absolute atomic E-state index is 0.00289. The highest BCUT2D eigenvalue weighted by molar-refractivity contribution is 5.60. The zero-order valence-corrected chi connectivity index (χ0v) is 10.6. The van der Waals surface area contributed by atoms with Crippen LogP contribution < -0.4 is 5.32 Å². The van der Waals surface area contributed by atoms with Gasteiger partial charge in [-0.15, -0.1) is 0 Å². The van der Waals surface area contributed by atoms with Crippen LogP contribution in [0, 0.1) is 10.1 Å². The molecule has 0 fully saturated rings. The van der Waals surface area contributed by atoms with Crippen molar-refractivity contribution in [1.82, 2.24) is 4.98 Å². The van der Waals surface area contributed by atoms with Crippen molar-refractivity contribution in [1.29, 1.82) is 0 Å². The first-order valence-corrected chi connectivity index (χ1v) is 6.12. The fraction of sp³-hybridized carbons (Fsp3) is 0.214. The molecule has 1 aromatic carbocycles. The summed E-state index contributed by atoms with van der Waals surface area (Å²) in [6.07, 6.45) is 3.65. The lowest BCUT2D eigenvalue weighted by Crippen LogP contribution is -2.11. The Morgan fingerprint density at radius 2 is 2.05 bits per heavy atom. The Morgan fingerprint density at radius 1 is 1.32 bits per heavy atom. The predicted molar refractivity (Wildman–Crippen MR) is 74.0 cm³/mol. The minimum atomic E-state index is -0.424. The van der Waals surface area contributed by atoms with Crippen LogP contribution in [0.25, 0.3) is 0 Å². The molecule has 0 aliphatic carbocycles. The van der Waals surface area contributed by atoms with Gasteiger partial charge in [0.05, 0.1) is 11.0 Å². The fourth-order valence-corrected chi connectivity index (χ4v) is 1.95. The van der Waals surface area contributed by atoms with Gasteiger partial charge in [0.15, 0.2) is 0 Å². The zero-order valence-electron chi connectivity index (χ0n) is 10.6. The number of pyridine rings is 1. The summed E-state index contributed by atoms with van der Waals surface area (Å²) in [6, 6.07) is 11.6. The van der Waals surface area contributed by atoms with E-state index in [2.05, 4.69) is 10.3 Å². The quantitative estimate of drug-likeness (QED) is 0.657. The smallest absolute Gasteiger partial charge is 0.310 e. The van der Waals surface area contributed by atoms with Crippen LogP contribution in [0.15, 0.2) is 48.8 Å². The fourth-order valence-electron chi connectivity index (χ4n) is 1.95. The van der Waals surface area contributed by atoms with E-state index in [1.807, 2.05) is 37.3 Å². The van der Waals surface area contributed by atoms with Crippen molar-refractivity contribution in [2.24, 2.45) is 0 Å². The monoisotopic (exact) mass is 257 g/mol. The molecular formula is C14H15N3O2. The van der Waals surface area contributed by atoms with Crippen LogP contribution in [0.1, 0.15) is 24.9 Å². The van der Waals surface area contributed by atoms with E-state index in [9.17, 15) is 10.1 Å². The summed E-state index contributed by atoms with van der Waals surface area (Å²) in [5.74, 6) is 0. The van der Waals surface area contributed by atoms with Gasteiger partial charge in [0, 0.05) is 6.20 Å². The van der Waals surface area contributed by atoms with Gasteiger partial charge in [-0.25, -0.2) is 0 Å². The van der Waals surface area contributed by atoms with Crippen LogP contribution in [-0.2, 0) is 0 Å². The maximum absolute atomic E-state index is 11.0. The molecule has 0 amide bonds. The summed E-state index contributed by atoms with van der Waals surface area (Å²) in [4.78, 5) is 14.3. The largest absolute Gasteiger partial charge is 0.373 e. The molecule has 2 aromatic rings. The molecule has 98 valence electrons. The van der Waals surface area contributed by atoms with Crippen molar-refractivity contribution in [2.45, 2.75) is 19.4 Å². The molecule has 0 aliphatic rings. The third-order valence-corrected chi connectivity index (χ3v) is 2.94. The summed E-state index contributed by atoms with van der Waals surface area (Å²) < 4.78 is 0. The lowest BCUT2D eigenvalue weighted by Gasteiger charge is -2.18. The Hall–Kier alpha value is -2.43. The molecule has 1 aromatic heterocycles. The Kier molecular flexibility index (Phi) is 4.07. The van der Waals surface area contributed by atoms with Crippen LogP contribution in [0.5, 0.6) is 0 Å². The van der Waals surface area contributed by atoms with Crippen molar-refractivity contribution in [3.8, 4) is 0 Å². The standard InChI is InChI=1S/C14H15N3O2/c1-2-12(11-6-4-3-5-7-11)16-13-8-9-15-10-14(13)17(18)19/h3-10,12H,2H2,1H3,(H,15,16). The van der Waals surface area contributed by atoms with Crippen molar-refractivity contribution in [2.75, 3.05) is 5.32 Å². The Bertz CT molecular complexity index is 558. The van der Waals surface area contributed by atoms with Crippen LogP contribution >= 0.6 is 0 Å². The van der Waals surface area contributed by atoms with Gasteiger partial charge in [-0.05, 0) is 18.1 Å². The van der Waals surface area contributed by atoms with E-state index >= 15 is 0 Å². The van der Waals surface area contributed by atoms with Gasteiger partial charge in [0.2, 0.25) is 0 Å². The molecule has 0 radical (unpaired) electrons. The summed E-state index contributed by atoms with van der Waals surface area (Å²) >= 11 is 0. The molecule has 1 heterocycles. The second-order valence-electron chi connectivity index (χ2n) is 4.17. The maximum Gasteiger partial charge on any atom is 0.310 e. The number of hydrogen-bond donors (Lipinski definition) is 1. The molecule has 0 saturated carbocycles. The van der Waals surface area contributed by atoms with Gasteiger partial charge < -0.3 is 5.32 Å². The molecule has 5 nitrogen and oxygen atoms in total. The molecule has 0 aliphatic heterocycles. The summed E-state index contributed by atoms with van der Waals surface area (Å²) in [7, 11) is 0. The normalized spacial score (nSPS) is 11.8. The molecule has 0 spiro atoms. The van der Waals surface area contributed by atoms with E-state index in [1.54, 1.807) is 12.3 Å². The van der Waals surface area contributed by atoms with Crippen molar-refractivity contribution >= 4 is 11.4 Å². The Balaban J connectivity index is 2.27. The lowest BCUT2D eigenvalue weighted by molar-refractivity contribution is -0.384. The van der Waals surface area contributed by atoms with Crippen molar-refractivity contribution in [3.63, 3.8) is 0 Å². The van der Waals surface area contributed by atoms with E-state index in [-0.39, 0.29) is 11.7 Å². The van der Waals surface area contributed by atoms with Gasteiger partial charge in [0.25, 0.3) is 0 Å². The van der Waals surface area contributed by atoms with E-state index in [4.69, 9.17) is 0 Å². The topological polar surface area (TPSA) is 68.1 Å². The molecular weight excluding hydrogens is 242 g/mol. The highest BCUT2D eigenvalue weighted by Gasteiger charge is 2.17. The molecule has 0 bridgehead atoms. The maximum atomic E-state index is 11.0. The lowest BCUT2D eigenvalue weighted by atomic mass is 10.0. The number of hydrogen-bond acceptors (Lipinski definition) is 4. The number of rotatable bonds is 5. The first-order valence-electron chi connectivity index (χ1n) is 6.12. The highest BCUT2D eigenvalue weighted by Crippen LogP contribution is 2.28. The summed E-state index contributed by atoms with van der Waals surface area (Å²) in [5.41, 5.74) is 1.60. The average Bonchev–Trinajstić information content (AvgIpc) is 2.46. The van der Waals surface area contributed by atoms with Crippen LogP contribution in [-0.4, -0.2) is 9.91 Å². The van der Waals surface area contributed by atoms with E-state index in [1.165, 1.54) is 6.20 Å². The Morgan fingerprint density at radius 3 is 2.68 bits per heavy atom. The number of nitrogens with one attached hydrogen (secondary N) is 1. The summed E-state index contributed by atoms with van der Waals surface area (Å²) in [5, 5.41) is 14.2. The molecule has 0 saturated heterocycles. The van der Waals surface area contributed by atoms with Gasteiger partial charge in [0.1, 0.15) is 11.9 Å². The van der Waals surface area contributed by atoms with E-state index < -0.39 is 4.92 Å². The SMILES string of the molecule is CCC(Nc1ccncc1[N+](=O)[O-])c1ccccc1. The molecule has 2 rings (SSSR count). The minimum Gasteiger partial charge on any atom is -0.373 e. The molecule has 1 atom stereocenters. The van der Waals surface area contributed by atoms with Crippen LogP contribution in [0.4, 0.5) is 11.4 Å². The number of nitro groups is 1.